The van der Waals surface area contributed by atoms with Gasteiger partial charge in [-0.2, -0.15) is 5.10 Å². The van der Waals surface area contributed by atoms with Gasteiger partial charge in [0, 0.05) is 49.8 Å². The van der Waals surface area contributed by atoms with E-state index in [-0.39, 0.29) is 0 Å². The highest BCUT2D eigenvalue weighted by Crippen LogP contribution is 2.18. The molecule has 0 saturated heterocycles. The summed E-state index contributed by atoms with van der Waals surface area (Å²) in [6.07, 6.45) is 2.06. The predicted octanol–water partition coefficient (Wildman–Crippen LogP) is 3.19. The fraction of sp³-hybridized carbons (Fsp3) is 0.438. The quantitative estimate of drug-likeness (QED) is 0.876. The zero-order valence-electron chi connectivity index (χ0n) is 12.8. The molecule has 0 saturated carbocycles. The molecule has 0 spiro atoms. The Balaban J connectivity index is 1.99. The minimum atomic E-state index is 0.810. The summed E-state index contributed by atoms with van der Waals surface area (Å²) < 4.78 is 1.86. The summed E-state index contributed by atoms with van der Waals surface area (Å²) in [4.78, 5) is 2.34. The first-order valence-corrected chi connectivity index (χ1v) is 7.22. The van der Waals surface area contributed by atoms with Crippen molar-refractivity contribution in [2.24, 2.45) is 7.05 Å². The standard InChI is InChI=1S/C16H24N4/c1-5-20(6-2)16-9-7-15(8-10-16)17-11-14-12-19(4)18-13(14)3/h7-10,12,17H,5-6,11H2,1-4H3. The average Bonchev–Trinajstić information content (AvgIpc) is 2.77. The zero-order valence-corrected chi connectivity index (χ0v) is 12.8. The molecule has 0 bridgehead atoms. The van der Waals surface area contributed by atoms with Crippen molar-refractivity contribution in [3.63, 3.8) is 0 Å². The molecule has 108 valence electrons. The number of hydrogen-bond acceptors (Lipinski definition) is 3. The summed E-state index contributed by atoms with van der Waals surface area (Å²) in [6.45, 7) is 9.29. The van der Waals surface area contributed by atoms with E-state index in [4.69, 9.17) is 0 Å². The molecule has 1 heterocycles. The lowest BCUT2D eigenvalue weighted by Gasteiger charge is -2.21. The summed E-state index contributed by atoms with van der Waals surface area (Å²) in [5.41, 5.74) is 4.74. The van der Waals surface area contributed by atoms with Gasteiger partial charge < -0.3 is 10.2 Å². The largest absolute Gasteiger partial charge is 0.381 e. The smallest absolute Gasteiger partial charge is 0.0643 e. The Morgan fingerprint density at radius 1 is 1.15 bits per heavy atom. The Kier molecular flexibility index (Phi) is 4.66. The Morgan fingerprint density at radius 3 is 2.30 bits per heavy atom. The van der Waals surface area contributed by atoms with Crippen molar-refractivity contribution in [1.29, 1.82) is 0 Å². The van der Waals surface area contributed by atoms with Gasteiger partial charge >= 0.3 is 0 Å². The molecule has 2 rings (SSSR count). The van der Waals surface area contributed by atoms with Crippen molar-refractivity contribution >= 4 is 11.4 Å². The number of anilines is 2. The van der Waals surface area contributed by atoms with E-state index in [1.54, 1.807) is 0 Å². The lowest BCUT2D eigenvalue weighted by Crippen LogP contribution is -2.21. The Morgan fingerprint density at radius 2 is 1.80 bits per heavy atom. The molecule has 0 atom stereocenters. The van der Waals surface area contributed by atoms with E-state index in [2.05, 4.69) is 59.6 Å². The van der Waals surface area contributed by atoms with Crippen molar-refractivity contribution in [1.82, 2.24) is 9.78 Å². The third-order valence-corrected chi connectivity index (χ3v) is 3.59. The molecule has 0 radical (unpaired) electrons. The maximum absolute atomic E-state index is 4.35. The third kappa shape index (κ3) is 3.32. The van der Waals surface area contributed by atoms with Gasteiger partial charge in [0.25, 0.3) is 0 Å². The van der Waals surface area contributed by atoms with Crippen LogP contribution in [-0.2, 0) is 13.6 Å². The van der Waals surface area contributed by atoms with Crippen molar-refractivity contribution < 1.29 is 0 Å². The number of aryl methyl sites for hydroxylation is 2. The van der Waals surface area contributed by atoms with Gasteiger partial charge in [-0.05, 0) is 45.0 Å². The number of hydrogen-bond donors (Lipinski definition) is 1. The highest BCUT2D eigenvalue weighted by atomic mass is 15.2. The van der Waals surface area contributed by atoms with Gasteiger partial charge in [-0.25, -0.2) is 0 Å². The highest BCUT2D eigenvalue weighted by Gasteiger charge is 2.04. The summed E-state index contributed by atoms with van der Waals surface area (Å²) >= 11 is 0. The predicted molar refractivity (Wildman–Crippen MR) is 85.3 cm³/mol. The normalized spacial score (nSPS) is 10.6. The van der Waals surface area contributed by atoms with E-state index >= 15 is 0 Å². The number of nitrogens with zero attached hydrogens (tertiary/aromatic N) is 3. The van der Waals surface area contributed by atoms with Crippen molar-refractivity contribution in [3.05, 3.63) is 41.7 Å². The monoisotopic (exact) mass is 272 g/mol. The van der Waals surface area contributed by atoms with Crippen LogP contribution in [0.2, 0.25) is 0 Å². The lowest BCUT2D eigenvalue weighted by atomic mass is 10.2. The first-order valence-electron chi connectivity index (χ1n) is 7.22. The lowest BCUT2D eigenvalue weighted by molar-refractivity contribution is 0.756. The van der Waals surface area contributed by atoms with Gasteiger partial charge in [0.15, 0.2) is 0 Å². The molecule has 0 aliphatic carbocycles. The molecule has 0 amide bonds. The van der Waals surface area contributed by atoms with Gasteiger partial charge in [0.1, 0.15) is 0 Å². The molecular weight excluding hydrogens is 248 g/mol. The molecule has 20 heavy (non-hydrogen) atoms. The SMILES string of the molecule is CCN(CC)c1ccc(NCc2cn(C)nc2C)cc1. The van der Waals surface area contributed by atoms with Gasteiger partial charge in [0.2, 0.25) is 0 Å². The molecule has 4 nitrogen and oxygen atoms in total. The van der Waals surface area contributed by atoms with Crippen LogP contribution in [0.1, 0.15) is 25.1 Å². The molecule has 0 aliphatic heterocycles. The van der Waals surface area contributed by atoms with Crippen LogP contribution in [0.25, 0.3) is 0 Å². The Hall–Kier alpha value is -1.97. The van der Waals surface area contributed by atoms with E-state index in [0.717, 1.165) is 31.0 Å². The minimum absolute atomic E-state index is 0.810. The number of aromatic nitrogens is 2. The van der Waals surface area contributed by atoms with Crippen LogP contribution in [0, 0.1) is 6.92 Å². The van der Waals surface area contributed by atoms with E-state index in [1.165, 1.54) is 11.3 Å². The number of rotatable bonds is 6. The first kappa shape index (κ1) is 14.4. The van der Waals surface area contributed by atoms with Crippen LogP contribution in [0.5, 0.6) is 0 Å². The first-order chi connectivity index (χ1) is 9.63. The van der Waals surface area contributed by atoms with Crippen LogP contribution in [-0.4, -0.2) is 22.9 Å². The van der Waals surface area contributed by atoms with Gasteiger partial charge in [-0.1, -0.05) is 0 Å². The zero-order chi connectivity index (χ0) is 14.5. The van der Waals surface area contributed by atoms with Crippen LogP contribution < -0.4 is 10.2 Å². The molecule has 0 fully saturated rings. The summed E-state index contributed by atoms with van der Waals surface area (Å²) in [5.74, 6) is 0. The number of nitrogens with one attached hydrogen (secondary N) is 1. The second kappa shape index (κ2) is 6.46. The minimum Gasteiger partial charge on any atom is -0.381 e. The van der Waals surface area contributed by atoms with Crippen LogP contribution in [0.3, 0.4) is 0 Å². The molecule has 1 aromatic heterocycles. The molecule has 2 aromatic rings. The molecule has 0 unspecified atom stereocenters. The molecule has 1 aromatic carbocycles. The van der Waals surface area contributed by atoms with E-state index in [0.29, 0.717) is 0 Å². The van der Waals surface area contributed by atoms with Gasteiger partial charge in [-0.15, -0.1) is 0 Å². The molecule has 4 heteroatoms. The average molecular weight is 272 g/mol. The molecule has 0 aliphatic rings. The van der Waals surface area contributed by atoms with Gasteiger partial charge in [-0.3, -0.25) is 4.68 Å². The Bertz CT molecular complexity index is 538. The third-order valence-electron chi connectivity index (χ3n) is 3.59. The molecule has 1 N–H and O–H groups in total. The van der Waals surface area contributed by atoms with Gasteiger partial charge in [0.05, 0.1) is 5.69 Å². The van der Waals surface area contributed by atoms with Crippen molar-refractivity contribution in [2.45, 2.75) is 27.3 Å². The summed E-state index contributed by atoms with van der Waals surface area (Å²) in [7, 11) is 1.95. The maximum Gasteiger partial charge on any atom is 0.0643 e. The van der Waals surface area contributed by atoms with Crippen LogP contribution in [0.4, 0.5) is 11.4 Å². The van der Waals surface area contributed by atoms with Crippen molar-refractivity contribution in [2.75, 3.05) is 23.3 Å². The highest BCUT2D eigenvalue weighted by molar-refractivity contribution is 5.55. The second-order valence-electron chi connectivity index (χ2n) is 4.99. The van der Waals surface area contributed by atoms with E-state index in [1.807, 2.05) is 18.7 Å². The van der Waals surface area contributed by atoms with Crippen LogP contribution >= 0.6 is 0 Å². The topological polar surface area (TPSA) is 33.1 Å². The number of benzene rings is 1. The summed E-state index contributed by atoms with van der Waals surface area (Å²) in [6, 6.07) is 8.62. The van der Waals surface area contributed by atoms with E-state index in [9.17, 15) is 0 Å². The fourth-order valence-electron chi connectivity index (χ4n) is 2.40. The second-order valence-corrected chi connectivity index (χ2v) is 4.99. The van der Waals surface area contributed by atoms with Crippen LogP contribution in [0.15, 0.2) is 30.5 Å². The summed E-state index contributed by atoms with van der Waals surface area (Å²) in [5, 5.41) is 7.80. The molecular formula is C16H24N4. The maximum atomic E-state index is 4.35. The Labute approximate surface area is 121 Å². The fourth-order valence-corrected chi connectivity index (χ4v) is 2.40. The van der Waals surface area contributed by atoms with Crippen molar-refractivity contribution in [3.8, 4) is 0 Å². The van der Waals surface area contributed by atoms with E-state index < -0.39 is 0 Å².